The number of hydrogen-bond donors (Lipinski definition) is 1. The fourth-order valence-electron chi connectivity index (χ4n) is 2.88. The summed E-state index contributed by atoms with van der Waals surface area (Å²) >= 11 is 1.59. The minimum absolute atomic E-state index is 0.230. The summed E-state index contributed by atoms with van der Waals surface area (Å²) in [6.45, 7) is 4.36. The van der Waals surface area contributed by atoms with Crippen molar-refractivity contribution in [3.63, 3.8) is 0 Å². The lowest BCUT2D eigenvalue weighted by Gasteiger charge is -2.15. The molecular formula is C22H25NO4S. The van der Waals surface area contributed by atoms with E-state index in [1.807, 2.05) is 43.3 Å². The molecule has 6 heteroatoms. The third-order valence-electron chi connectivity index (χ3n) is 4.53. The van der Waals surface area contributed by atoms with Gasteiger partial charge in [0.25, 0.3) is 5.91 Å². The number of carbonyl (C=O) groups is 2. The second kappa shape index (κ2) is 9.75. The van der Waals surface area contributed by atoms with E-state index >= 15 is 0 Å². The Morgan fingerprint density at radius 2 is 1.96 bits per heavy atom. The molecule has 1 aliphatic heterocycles. The van der Waals surface area contributed by atoms with Gasteiger partial charge in [-0.15, -0.1) is 11.8 Å². The predicted octanol–water partition coefficient (Wildman–Crippen LogP) is 4.45. The molecule has 2 atom stereocenters. The van der Waals surface area contributed by atoms with Gasteiger partial charge in [-0.05, 0) is 51.0 Å². The maximum absolute atomic E-state index is 12.6. The lowest BCUT2D eigenvalue weighted by Crippen LogP contribution is -2.30. The number of aryl methyl sites for hydroxylation is 1. The van der Waals surface area contributed by atoms with Gasteiger partial charge in [-0.1, -0.05) is 29.8 Å². The van der Waals surface area contributed by atoms with E-state index in [2.05, 4.69) is 5.32 Å². The van der Waals surface area contributed by atoms with Crippen LogP contribution < -0.4 is 5.32 Å². The monoisotopic (exact) mass is 399 g/mol. The molecule has 1 heterocycles. The molecular weight excluding hydrogens is 374 g/mol. The van der Waals surface area contributed by atoms with Gasteiger partial charge in [0.1, 0.15) is 0 Å². The van der Waals surface area contributed by atoms with Crippen LogP contribution in [0.5, 0.6) is 0 Å². The lowest BCUT2D eigenvalue weighted by molar-refractivity contribution is -0.123. The van der Waals surface area contributed by atoms with E-state index in [1.54, 1.807) is 30.8 Å². The summed E-state index contributed by atoms with van der Waals surface area (Å²) in [4.78, 5) is 25.8. The van der Waals surface area contributed by atoms with Crippen LogP contribution in [0.2, 0.25) is 0 Å². The first-order valence-corrected chi connectivity index (χ1v) is 10.4. The second-order valence-electron chi connectivity index (χ2n) is 6.85. The Labute approximate surface area is 169 Å². The number of anilines is 1. The van der Waals surface area contributed by atoms with Gasteiger partial charge in [0.05, 0.1) is 11.7 Å². The number of nitrogens with one attached hydrogen (secondary N) is 1. The number of rotatable bonds is 7. The van der Waals surface area contributed by atoms with E-state index in [1.165, 1.54) is 0 Å². The Morgan fingerprint density at radius 1 is 1.21 bits per heavy atom. The van der Waals surface area contributed by atoms with Crippen molar-refractivity contribution in [2.24, 2.45) is 0 Å². The minimum atomic E-state index is -0.898. The van der Waals surface area contributed by atoms with E-state index in [4.69, 9.17) is 9.47 Å². The summed E-state index contributed by atoms with van der Waals surface area (Å²) in [6.07, 6.45) is 1.47. The zero-order valence-electron chi connectivity index (χ0n) is 16.1. The maximum Gasteiger partial charge on any atom is 0.340 e. The Balaban J connectivity index is 1.58. The molecule has 0 bridgehead atoms. The molecule has 28 heavy (non-hydrogen) atoms. The van der Waals surface area contributed by atoms with Crippen LogP contribution in [0.25, 0.3) is 0 Å². The first-order chi connectivity index (χ1) is 13.5. The summed E-state index contributed by atoms with van der Waals surface area (Å²) in [5, 5.41) is 2.76. The van der Waals surface area contributed by atoms with Crippen molar-refractivity contribution >= 4 is 29.3 Å². The molecule has 2 aromatic rings. The van der Waals surface area contributed by atoms with E-state index in [0.29, 0.717) is 11.3 Å². The van der Waals surface area contributed by atoms with Crippen LogP contribution in [-0.4, -0.2) is 36.4 Å². The van der Waals surface area contributed by atoms with Crippen LogP contribution in [0.4, 0.5) is 5.69 Å². The van der Waals surface area contributed by atoms with E-state index in [-0.39, 0.29) is 12.0 Å². The Bertz CT molecular complexity index is 816. The highest BCUT2D eigenvalue weighted by atomic mass is 32.2. The number of benzene rings is 2. The van der Waals surface area contributed by atoms with Crippen LogP contribution in [0, 0.1) is 6.92 Å². The molecule has 2 aromatic carbocycles. The van der Waals surface area contributed by atoms with Crippen LogP contribution in [0.15, 0.2) is 53.4 Å². The molecule has 1 fully saturated rings. The van der Waals surface area contributed by atoms with Crippen LogP contribution >= 0.6 is 11.8 Å². The molecule has 0 saturated carbocycles. The highest BCUT2D eigenvalue weighted by Gasteiger charge is 2.22. The van der Waals surface area contributed by atoms with Crippen LogP contribution in [0.1, 0.15) is 35.7 Å². The molecule has 0 aromatic heterocycles. The fourth-order valence-corrected chi connectivity index (χ4v) is 3.99. The molecule has 1 N–H and O–H groups in total. The quantitative estimate of drug-likeness (QED) is 0.550. The molecule has 0 aliphatic carbocycles. The second-order valence-corrected chi connectivity index (χ2v) is 7.91. The van der Waals surface area contributed by atoms with Crippen molar-refractivity contribution < 1.29 is 19.1 Å². The molecule has 0 unspecified atom stereocenters. The van der Waals surface area contributed by atoms with Gasteiger partial charge in [0.15, 0.2) is 6.10 Å². The third kappa shape index (κ3) is 5.59. The molecule has 0 radical (unpaired) electrons. The number of amides is 1. The number of thioether (sulfide) groups is 1. The first kappa shape index (κ1) is 20.4. The molecule has 1 aliphatic rings. The number of carbonyl (C=O) groups excluding carboxylic acids is 2. The zero-order chi connectivity index (χ0) is 19.9. The lowest BCUT2D eigenvalue weighted by atomic mass is 10.2. The average Bonchev–Trinajstić information content (AvgIpc) is 3.22. The third-order valence-corrected chi connectivity index (χ3v) is 5.73. The van der Waals surface area contributed by atoms with Crippen molar-refractivity contribution in [2.75, 3.05) is 17.7 Å². The number of hydrogen-bond acceptors (Lipinski definition) is 5. The standard InChI is InChI=1S/C22H25NO4S/c1-15-9-11-17(12-10-15)23-21(24)16(2)27-22(25)19-7-3-4-8-20(19)28-14-18-6-5-13-26-18/h3-4,7-12,16,18H,5-6,13-14H2,1-2H3,(H,23,24)/t16-,18+/m0/s1. The molecule has 3 rings (SSSR count). The van der Waals surface area contributed by atoms with Gasteiger partial charge in [-0.25, -0.2) is 4.79 Å². The molecule has 1 amide bonds. The van der Waals surface area contributed by atoms with E-state index in [0.717, 1.165) is 35.7 Å². The maximum atomic E-state index is 12.6. The Hall–Kier alpha value is -2.31. The summed E-state index contributed by atoms with van der Waals surface area (Å²) in [6, 6.07) is 14.8. The topological polar surface area (TPSA) is 64.6 Å². The molecule has 0 spiro atoms. The van der Waals surface area contributed by atoms with Gasteiger partial charge in [-0.2, -0.15) is 0 Å². The molecule has 148 valence electrons. The van der Waals surface area contributed by atoms with Crippen molar-refractivity contribution in [3.05, 3.63) is 59.7 Å². The number of ether oxygens (including phenoxy) is 2. The highest BCUT2D eigenvalue weighted by Crippen LogP contribution is 2.27. The Kier molecular flexibility index (Phi) is 7.12. The highest BCUT2D eigenvalue weighted by molar-refractivity contribution is 7.99. The van der Waals surface area contributed by atoms with E-state index < -0.39 is 12.1 Å². The molecule has 5 nitrogen and oxygen atoms in total. The van der Waals surface area contributed by atoms with E-state index in [9.17, 15) is 9.59 Å². The first-order valence-electron chi connectivity index (χ1n) is 9.45. The summed E-state index contributed by atoms with van der Waals surface area (Å²) < 4.78 is 11.1. The van der Waals surface area contributed by atoms with Gasteiger partial charge in [0, 0.05) is 22.9 Å². The van der Waals surface area contributed by atoms with Gasteiger partial charge >= 0.3 is 5.97 Å². The summed E-state index contributed by atoms with van der Waals surface area (Å²) in [7, 11) is 0. The number of esters is 1. The van der Waals surface area contributed by atoms with Crippen LogP contribution in [0.3, 0.4) is 0 Å². The minimum Gasteiger partial charge on any atom is -0.449 e. The SMILES string of the molecule is Cc1ccc(NC(=O)[C@H](C)OC(=O)c2ccccc2SC[C@H]2CCCO2)cc1. The largest absolute Gasteiger partial charge is 0.449 e. The normalized spacial score (nSPS) is 17.1. The average molecular weight is 400 g/mol. The Morgan fingerprint density at radius 3 is 2.68 bits per heavy atom. The van der Waals surface area contributed by atoms with Crippen molar-refractivity contribution in [1.82, 2.24) is 0 Å². The smallest absolute Gasteiger partial charge is 0.340 e. The van der Waals surface area contributed by atoms with Crippen molar-refractivity contribution in [1.29, 1.82) is 0 Å². The predicted molar refractivity (Wildman–Crippen MR) is 111 cm³/mol. The van der Waals surface area contributed by atoms with Gasteiger partial charge in [-0.3, -0.25) is 4.79 Å². The summed E-state index contributed by atoms with van der Waals surface area (Å²) in [5.74, 6) is -0.0583. The van der Waals surface area contributed by atoms with Gasteiger partial charge < -0.3 is 14.8 Å². The van der Waals surface area contributed by atoms with Crippen molar-refractivity contribution in [2.45, 2.75) is 43.8 Å². The fraction of sp³-hybridized carbons (Fsp3) is 0.364. The van der Waals surface area contributed by atoms with Gasteiger partial charge in [0.2, 0.25) is 0 Å². The molecule has 1 saturated heterocycles. The van der Waals surface area contributed by atoms with Crippen molar-refractivity contribution in [3.8, 4) is 0 Å². The zero-order valence-corrected chi connectivity index (χ0v) is 17.0. The summed E-state index contributed by atoms with van der Waals surface area (Å²) in [5.41, 5.74) is 2.25. The van der Waals surface area contributed by atoms with Crippen LogP contribution in [-0.2, 0) is 14.3 Å².